The summed E-state index contributed by atoms with van der Waals surface area (Å²) < 4.78 is 25.1. The summed E-state index contributed by atoms with van der Waals surface area (Å²) in [4.78, 5) is 3.64. The van der Waals surface area contributed by atoms with Crippen LogP contribution in [0.1, 0.15) is 23.1 Å². The Morgan fingerprint density at radius 1 is 1.57 bits per heavy atom. The van der Waals surface area contributed by atoms with Gasteiger partial charge in [0.25, 0.3) is 6.43 Å². The summed E-state index contributed by atoms with van der Waals surface area (Å²) in [5.74, 6) is -0.228. The van der Waals surface area contributed by atoms with Crippen LogP contribution in [-0.2, 0) is 11.9 Å². The summed E-state index contributed by atoms with van der Waals surface area (Å²) >= 11 is 3.12. The Kier molecular flexibility index (Phi) is 3.77. The lowest BCUT2D eigenvalue weighted by molar-refractivity contribution is 0.147. The predicted molar refractivity (Wildman–Crippen MR) is 52.2 cm³/mol. The number of halogens is 3. The minimum absolute atomic E-state index is 0.157. The van der Waals surface area contributed by atoms with E-state index in [9.17, 15) is 8.78 Å². The number of rotatable bonds is 3. The molecule has 0 fully saturated rings. The maximum absolute atomic E-state index is 12.5. The summed E-state index contributed by atoms with van der Waals surface area (Å²) in [5.41, 5.74) is 5.61. The molecule has 0 unspecified atom stereocenters. The molecule has 6 heteroatoms. The Bertz CT molecular complexity index is 333. The van der Waals surface area contributed by atoms with Gasteiger partial charge in [-0.1, -0.05) is 15.9 Å². The topological polar surface area (TPSA) is 59.1 Å². The van der Waals surface area contributed by atoms with Crippen molar-refractivity contribution in [1.29, 1.82) is 0 Å². The van der Waals surface area contributed by atoms with Crippen molar-refractivity contribution in [3.05, 3.63) is 22.9 Å². The molecule has 0 spiro atoms. The lowest BCUT2D eigenvalue weighted by Gasteiger charge is -2.12. The molecule has 0 amide bonds. The molecule has 0 saturated heterocycles. The number of anilines is 1. The fourth-order valence-corrected chi connectivity index (χ4v) is 1.65. The average molecular weight is 267 g/mol. The van der Waals surface area contributed by atoms with Crippen LogP contribution in [-0.4, -0.2) is 10.1 Å². The first-order chi connectivity index (χ1) is 6.61. The number of alkyl halides is 3. The minimum Gasteiger partial charge on any atom is -0.392 e. The number of nitrogen functional groups attached to an aromatic ring is 1. The molecule has 0 bridgehead atoms. The van der Waals surface area contributed by atoms with Crippen molar-refractivity contribution in [2.45, 2.75) is 18.4 Å². The summed E-state index contributed by atoms with van der Waals surface area (Å²) in [6, 6.07) is 0. The molecular weight excluding hydrogens is 258 g/mol. The Hall–Kier alpha value is -0.750. The smallest absolute Gasteiger partial charge is 0.267 e. The van der Waals surface area contributed by atoms with Gasteiger partial charge < -0.3 is 10.8 Å². The van der Waals surface area contributed by atoms with Crippen molar-refractivity contribution in [2.24, 2.45) is 0 Å². The van der Waals surface area contributed by atoms with Crippen molar-refractivity contribution >= 4 is 21.7 Å². The van der Waals surface area contributed by atoms with E-state index >= 15 is 0 Å². The van der Waals surface area contributed by atoms with Gasteiger partial charge in [0.15, 0.2) is 0 Å². The third-order valence-corrected chi connectivity index (χ3v) is 2.47. The van der Waals surface area contributed by atoms with Crippen LogP contribution in [0.5, 0.6) is 0 Å². The number of hydrogen-bond acceptors (Lipinski definition) is 3. The number of hydrogen-bond donors (Lipinski definition) is 2. The van der Waals surface area contributed by atoms with Crippen LogP contribution in [0, 0.1) is 0 Å². The second-order valence-electron chi connectivity index (χ2n) is 2.65. The third-order valence-electron chi connectivity index (χ3n) is 1.87. The molecule has 0 aliphatic carbocycles. The van der Waals surface area contributed by atoms with Gasteiger partial charge >= 0.3 is 0 Å². The Balaban J connectivity index is 3.35. The van der Waals surface area contributed by atoms with Gasteiger partial charge in [0, 0.05) is 11.5 Å². The number of aliphatic hydroxyl groups excluding tert-OH is 1. The van der Waals surface area contributed by atoms with E-state index in [-0.39, 0.29) is 16.9 Å². The SMILES string of the molecule is Nc1ncc(CBr)c(CO)c1C(F)F. The number of aliphatic hydroxyl groups is 1. The van der Waals surface area contributed by atoms with E-state index < -0.39 is 13.0 Å². The largest absolute Gasteiger partial charge is 0.392 e. The van der Waals surface area contributed by atoms with Crippen LogP contribution in [0.3, 0.4) is 0 Å². The summed E-state index contributed by atoms with van der Waals surface area (Å²) in [7, 11) is 0. The first-order valence-corrected chi connectivity index (χ1v) is 4.95. The maximum atomic E-state index is 12.5. The van der Waals surface area contributed by atoms with Gasteiger partial charge in [-0.05, 0) is 11.1 Å². The van der Waals surface area contributed by atoms with Crippen molar-refractivity contribution in [1.82, 2.24) is 4.98 Å². The molecule has 0 saturated carbocycles. The van der Waals surface area contributed by atoms with E-state index in [2.05, 4.69) is 20.9 Å². The maximum Gasteiger partial charge on any atom is 0.267 e. The van der Waals surface area contributed by atoms with Gasteiger partial charge in [0.1, 0.15) is 5.82 Å². The van der Waals surface area contributed by atoms with E-state index in [1.54, 1.807) is 0 Å². The standard InChI is InChI=1S/C8H9BrF2N2O/c9-1-4-2-13-8(12)6(7(10)11)5(4)3-14/h2,7,14H,1,3H2,(H2,12,13). The quantitative estimate of drug-likeness (QED) is 0.823. The first kappa shape index (κ1) is 11.3. The monoisotopic (exact) mass is 266 g/mol. The highest BCUT2D eigenvalue weighted by atomic mass is 79.9. The molecule has 0 aliphatic heterocycles. The zero-order valence-corrected chi connectivity index (χ0v) is 8.76. The molecule has 3 nitrogen and oxygen atoms in total. The molecule has 1 aromatic heterocycles. The molecule has 0 atom stereocenters. The van der Waals surface area contributed by atoms with Gasteiger partial charge in [-0.3, -0.25) is 0 Å². The van der Waals surface area contributed by atoms with Crippen LogP contribution < -0.4 is 5.73 Å². The van der Waals surface area contributed by atoms with Crippen LogP contribution in [0.15, 0.2) is 6.20 Å². The second-order valence-corrected chi connectivity index (χ2v) is 3.21. The number of aromatic nitrogens is 1. The second kappa shape index (κ2) is 4.65. The molecular formula is C8H9BrF2N2O. The van der Waals surface area contributed by atoms with Crippen molar-refractivity contribution in [2.75, 3.05) is 5.73 Å². The zero-order chi connectivity index (χ0) is 10.7. The van der Waals surface area contributed by atoms with Crippen LogP contribution >= 0.6 is 15.9 Å². The van der Waals surface area contributed by atoms with Gasteiger partial charge in [0.2, 0.25) is 0 Å². The number of pyridine rings is 1. The average Bonchev–Trinajstić information content (AvgIpc) is 2.16. The Labute approximate surface area is 88.1 Å². The molecule has 3 N–H and O–H groups in total. The molecule has 1 rings (SSSR count). The highest BCUT2D eigenvalue weighted by Crippen LogP contribution is 2.30. The fraction of sp³-hybridized carbons (Fsp3) is 0.375. The van der Waals surface area contributed by atoms with Crippen molar-refractivity contribution in [3.63, 3.8) is 0 Å². The molecule has 1 aromatic rings. The van der Waals surface area contributed by atoms with E-state index in [4.69, 9.17) is 10.8 Å². The van der Waals surface area contributed by atoms with Gasteiger partial charge in [-0.25, -0.2) is 13.8 Å². The molecule has 14 heavy (non-hydrogen) atoms. The Morgan fingerprint density at radius 2 is 2.21 bits per heavy atom. The highest BCUT2D eigenvalue weighted by molar-refractivity contribution is 9.08. The van der Waals surface area contributed by atoms with E-state index in [0.717, 1.165) is 0 Å². The van der Waals surface area contributed by atoms with E-state index in [1.165, 1.54) is 6.20 Å². The van der Waals surface area contributed by atoms with E-state index in [1.807, 2.05) is 0 Å². The summed E-state index contributed by atoms with van der Waals surface area (Å²) in [6.45, 7) is -0.465. The molecule has 78 valence electrons. The van der Waals surface area contributed by atoms with Crippen LogP contribution in [0.25, 0.3) is 0 Å². The minimum atomic E-state index is -2.72. The van der Waals surface area contributed by atoms with Gasteiger partial charge in [0.05, 0.1) is 12.2 Å². The summed E-state index contributed by atoms with van der Waals surface area (Å²) in [6.07, 6.45) is -1.34. The molecule has 0 aliphatic rings. The molecule has 1 heterocycles. The van der Waals surface area contributed by atoms with Gasteiger partial charge in [-0.15, -0.1) is 0 Å². The zero-order valence-electron chi connectivity index (χ0n) is 7.17. The van der Waals surface area contributed by atoms with Gasteiger partial charge in [-0.2, -0.15) is 0 Å². The first-order valence-electron chi connectivity index (χ1n) is 3.82. The van der Waals surface area contributed by atoms with Crippen molar-refractivity contribution in [3.8, 4) is 0 Å². The molecule has 0 aromatic carbocycles. The number of nitrogens with zero attached hydrogens (tertiary/aromatic N) is 1. The van der Waals surface area contributed by atoms with Crippen LogP contribution in [0.4, 0.5) is 14.6 Å². The Morgan fingerprint density at radius 3 is 2.64 bits per heavy atom. The highest BCUT2D eigenvalue weighted by Gasteiger charge is 2.19. The van der Waals surface area contributed by atoms with Crippen LogP contribution in [0.2, 0.25) is 0 Å². The normalized spacial score (nSPS) is 10.9. The lowest BCUT2D eigenvalue weighted by Crippen LogP contribution is -2.06. The fourth-order valence-electron chi connectivity index (χ4n) is 1.17. The molecule has 0 radical (unpaired) electrons. The number of nitrogens with two attached hydrogens (primary N) is 1. The van der Waals surface area contributed by atoms with Crippen molar-refractivity contribution < 1.29 is 13.9 Å². The summed E-state index contributed by atoms with van der Waals surface area (Å²) in [5, 5.41) is 9.32. The predicted octanol–water partition coefficient (Wildman–Crippen LogP) is 1.99. The lowest BCUT2D eigenvalue weighted by atomic mass is 10.1. The third kappa shape index (κ3) is 2.01. The van der Waals surface area contributed by atoms with E-state index in [0.29, 0.717) is 10.9 Å².